The number of phenols is 1. The van der Waals surface area contributed by atoms with Gasteiger partial charge in [-0.05, 0) is 59.8 Å². The first-order valence-corrected chi connectivity index (χ1v) is 13.6. The third-order valence-electron chi connectivity index (χ3n) is 7.78. The molecular weight excluding hydrogens is 557 g/mol. The van der Waals surface area contributed by atoms with Gasteiger partial charge in [-0.2, -0.15) is 5.10 Å². The number of anilines is 1. The van der Waals surface area contributed by atoms with Crippen molar-refractivity contribution in [2.24, 2.45) is 10.8 Å². The molecule has 0 saturated carbocycles. The Balaban J connectivity index is 0.00000353. The monoisotopic (exact) mass is 589 g/mol. The first-order valence-electron chi connectivity index (χ1n) is 13.6. The number of hydrogen-bond donors (Lipinski definition) is 2. The maximum atomic E-state index is 14.3. The second-order valence-corrected chi connectivity index (χ2v) is 12.5. The number of rotatable bonds is 4. The molecule has 218 valence electrons. The van der Waals surface area contributed by atoms with Gasteiger partial charge in [-0.15, -0.1) is 12.4 Å². The van der Waals surface area contributed by atoms with Gasteiger partial charge in [0.05, 0.1) is 10.8 Å². The summed E-state index contributed by atoms with van der Waals surface area (Å²) in [6.07, 6.45) is 5.45. The highest BCUT2D eigenvalue weighted by Crippen LogP contribution is 2.49. The Morgan fingerprint density at radius 2 is 1.81 bits per heavy atom. The third kappa shape index (κ3) is 5.02. The van der Waals surface area contributed by atoms with Gasteiger partial charge in [-0.3, -0.25) is 0 Å². The van der Waals surface area contributed by atoms with E-state index in [9.17, 15) is 14.3 Å². The molecule has 0 fully saturated rings. The van der Waals surface area contributed by atoms with E-state index in [0.29, 0.717) is 33.4 Å². The zero-order valence-corrected chi connectivity index (χ0v) is 24.9. The molecular formula is C32H33ClFN5O3. The molecule has 0 bridgehead atoms. The summed E-state index contributed by atoms with van der Waals surface area (Å²) >= 11 is 0. The zero-order valence-electron chi connectivity index (χ0n) is 24.1. The average molecular weight is 590 g/mol. The number of fused-ring (bicyclic) bond motifs is 2. The minimum absolute atomic E-state index is 0. The minimum atomic E-state index is -0.622. The van der Waals surface area contributed by atoms with Crippen molar-refractivity contribution in [3.05, 3.63) is 82.4 Å². The van der Waals surface area contributed by atoms with Crippen molar-refractivity contribution < 1.29 is 13.9 Å². The number of aromatic hydroxyl groups is 1. The van der Waals surface area contributed by atoms with Crippen LogP contribution in [0.2, 0.25) is 0 Å². The fraction of sp³-hybridized carbons (Fsp3) is 0.312. The van der Waals surface area contributed by atoms with Gasteiger partial charge in [0.15, 0.2) is 5.65 Å². The summed E-state index contributed by atoms with van der Waals surface area (Å²) in [5.41, 5.74) is 8.79. The topological polar surface area (TPSA) is 120 Å². The van der Waals surface area contributed by atoms with E-state index >= 15 is 0 Å². The molecule has 1 aliphatic rings. The van der Waals surface area contributed by atoms with Crippen molar-refractivity contribution in [1.29, 1.82) is 0 Å². The summed E-state index contributed by atoms with van der Waals surface area (Å²) in [7, 11) is 0. The van der Waals surface area contributed by atoms with E-state index < -0.39 is 17.5 Å². The fourth-order valence-electron chi connectivity index (χ4n) is 6.68. The van der Waals surface area contributed by atoms with Crippen LogP contribution in [0.25, 0.3) is 38.6 Å². The molecule has 0 amide bonds. The van der Waals surface area contributed by atoms with Crippen molar-refractivity contribution in [3.63, 3.8) is 0 Å². The lowest BCUT2D eigenvalue weighted by Gasteiger charge is -2.40. The number of allylic oxidation sites excluding steroid dienone is 2. The van der Waals surface area contributed by atoms with Crippen LogP contribution in [0.5, 0.6) is 5.75 Å². The van der Waals surface area contributed by atoms with Gasteiger partial charge in [-0.25, -0.2) is 23.8 Å². The molecule has 3 heterocycles. The molecule has 2 aromatic carbocycles. The normalized spacial score (nSPS) is 16.7. The van der Waals surface area contributed by atoms with E-state index in [4.69, 9.17) is 15.2 Å². The maximum absolute atomic E-state index is 14.3. The summed E-state index contributed by atoms with van der Waals surface area (Å²) in [6.45, 7) is 10.8. The summed E-state index contributed by atoms with van der Waals surface area (Å²) in [4.78, 5) is 21.9. The van der Waals surface area contributed by atoms with Gasteiger partial charge in [0.25, 0.3) is 0 Å². The van der Waals surface area contributed by atoms with Gasteiger partial charge < -0.3 is 15.3 Å². The number of nitrogen functional groups attached to an aromatic ring is 1. The lowest BCUT2D eigenvalue weighted by Crippen LogP contribution is -2.27. The Labute approximate surface area is 248 Å². The van der Waals surface area contributed by atoms with Crippen molar-refractivity contribution in [3.8, 4) is 17.0 Å². The van der Waals surface area contributed by atoms with Crippen molar-refractivity contribution in [2.75, 3.05) is 5.73 Å². The van der Waals surface area contributed by atoms with Crippen LogP contribution >= 0.6 is 12.4 Å². The molecule has 1 unspecified atom stereocenters. The lowest BCUT2D eigenvalue weighted by atomic mass is 9.65. The predicted octanol–water partition coefficient (Wildman–Crippen LogP) is 7.29. The van der Waals surface area contributed by atoms with Crippen LogP contribution in [0.4, 0.5) is 10.2 Å². The largest absolute Gasteiger partial charge is 0.508 e. The number of nitrogens with zero attached hydrogens (tertiary/aromatic N) is 4. The number of halogens is 2. The van der Waals surface area contributed by atoms with Crippen LogP contribution in [-0.4, -0.2) is 24.9 Å². The molecule has 3 N–H and O–H groups in total. The Morgan fingerprint density at radius 1 is 1.10 bits per heavy atom. The van der Waals surface area contributed by atoms with Crippen molar-refractivity contribution >= 4 is 45.6 Å². The summed E-state index contributed by atoms with van der Waals surface area (Å²) in [5.74, 6) is -0.263. The van der Waals surface area contributed by atoms with Gasteiger partial charge in [-0.1, -0.05) is 52.0 Å². The van der Waals surface area contributed by atoms with Crippen molar-refractivity contribution in [2.45, 2.75) is 53.5 Å². The number of hydrogen-bond acceptors (Lipinski definition) is 7. The van der Waals surface area contributed by atoms with Gasteiger partial charge >= 0.3 is 5.63 Å². The lowest BCUT2D eigenvalue weighted by molar-refractivity contribution is 0.228. The quantitative estimate of drug-likeness (QED) is 0.226. The molecule has 0 spiro atoms. The molecule has 3 aromatic heterocycles. The minimum Gasteiger partial charge on any atom is -0.508 e. The molecule has 0 aliphatic heterocycles. The first-order chi connectivity index (χ1) is 19.3. The number of nitrogens with two attached hydrogens (primary N) is 1. The molecule has 10 heteroatoms. The Kier molecular flexibility index (Phi) is 7.13. The van der Waals surface area contributed by atoms with Crippen molar-refractivity contribution in [1.82, 2.24) is 19.7 Å². The van der Waals surface area contributed by atoms with E-state index in [1.807, 2.05) is 25.1 Å². The predicted molar refractivity (Wildman–Crippen MR) is 165 cm³/mol. The molecule has 5 aromatic rings. The van der Waals surface area contributed by atoms with E-state index in [1.165, 1.54) is 18.5 Å². The second-order valence-electron chi connectivity index (χ2n) is 12.5. The third-order valence-corrected chi connectivity index (χ3v) is 7.78. The van der Waals surface area contributed by atoms with Crippen LogP contribution in [0.1, 0.15) is 64.8 Å². The van der Waals surface area contributed by atoms with Crippen LogP contribution in [0.3, 0.4) is 0 Å². The molecule has 1 atom stereocenters. The Morgan fingerprint density at radius 3 is 2.50 bits per heavy atom. The smallest absolute Gasteiger partial charge is 0.343 e. The molecule has 0 radical (unpaired) electrons. The van der Waals surface area contributed by atoms with Gasteiger partial charge in [0, 0.05) is 17.2 Å². The van der Waals surface area contributed by atoms with Crippen LogP contribution < -0.4 is 11.4 Å². The molecule has 0 saturated heterocycles. The SMILES string of the molecule is CC(c1oc(=O)c2ccccc2c1C1=CC(C)(C)CC(C)(C)C1)n1nc(-c2cc(O)cc(F)c2)c2c(N)ncnc21.Cl. The Bertz CT molecular complexity index is 1920. The maximum Gasteiger partial charge on any atom is 0.343 e. The first kappa shape index (κ1) is 29.3. The standard InChI is InChI=1S/C32H32FN5O3.ClH/c1-17(38-29-25(28(34)35-16-36-29)26(37-38)18-10-20(33)12-21(39)11-18)27-24(19-13-31(2,3)15-32(4,5)14-19)22-8-6-7-9-23(22)30(40)41-27;/h6-13,16-17,39H,14-15H2,1-5H3,(H2,34,35,36);1H. The van der Waals surface area contributed by atoms with Crippen LogP contribution in [0.15, 0.2) is 64.1 Å². The highest BCUT2D eigenvalue weighted by Gasteiger charge is 2.36. The Hall–Kier alpha value is -4.24. The number of aromatic nitrogens is 4. The number of benzene rings is 2. The summed E-state index contributed by atoms with van der Waals surface area (Å²) in [6, 6.07) is 10.6. The van der Waals surface area contributed by atoms with E-state index in [0.717, 1.165) is 35.4 Å². The molecule has 8 nitrogen and oxygen atoms in total. The average Bonchev–Trinajstić information content (AvgIpc) is 3.27. The number of phenolic OH excluding ortho intramolecular Hbond substituents is 1. The van der Waals surface area contributed by atoms with E-state index in [2.05, 4.69) is 43.7 Å². The highest BCUT2D eigenvalue weighted by atomic mass is 35.5. The van der Waals surface area contributed by atoms with E-state index in [-0.39, 0.29) is 34.8 Å². The van der Waals surface area contributed by atoms with Gasteiger partial charge in [0.1, 0.15) is 41.2 Å². The van der Waals surface area contributed by atoms with Crippen LogP contribution in [0, 0.1) is 16.6 Å². The highest BCUT2D eigenvalue weighted by molar-refractivity contribution is 5.99. The van der Waals surface area contributed by atoms with Crippen LogP contribution in [-0.2, 0) is 0 Å². The van der Waals surface area contributed by atoms with Gasteiger partial charge in [0.2, 0.25) is 0 Å². The zero-order chi connectivity index (χ0) is 29.3. The fourth-order valence-corrected chi connectivity index (χ4v) is 6.68. The second kappa shape index (κ2) is 10.2. The molecule has 42 heavy (non-hydrogen) atoms. The summed E-state index contributed by atoms with van der Waals surface area (Å²) in [5, 5.41) is 16.6. The molecule has 6 rings (SSSR count). The van der Waals surface area contributed by atoms with E-state index in [1.54, 1.807) is 10.7 Å². The molecule has 1 aliphatic carbocycles. The summed E-state index contributed by atoms with van der Waals surface area (Å²) < 4.78 is 22.1.